The van der Waals surface area contributed by atoms with Crippen LogP contribution >= 0.6 is 0 Å². The van der Waals surface area contributed by atoms with Crippen molar-refractivity contribution >= 4 is 11.7 Å². The van der Waals surface area contributed by atoms with E-state index in [0.29, 0.717) is 12.5 Å². The van der Waals surface area contributed by atoms with Gasteiger partial charge in [-0.3, -0.25) is 4.79 Å². The van der Waals surface area contributed by atoms with E-state index in [0.717, 1.165) is 36.8 Å². The van der Waals surface area contributed by atoms with Gasteiger partial charge in [0.15, 0.2) is 0 Å². The molecule has 1 saturated heterocycles. The van der Waals surface area contributed by atoms with Crippen LogP contribution in [-0.2, 0) is 11.3 Å². The van der Waals surface area contributed by atoms with E-state index in [-0.39, 0.29) is 11.8 Å². The molecule has 22 heavy (non-hydrogen) atoms. The number of carbonyl (C=O) groups excluding carboxylic acids is 1. The summed E-state index contributed by atoms with van der Waals surface area (Å²) in [6.07, 6.45) is 9.44. The molecule has 1 aliphatic heterocycles. The van der Waals surface area contributed by atoms with Crippen LogP contribution in [0, 0.1) is 17.8 Å². The number of hydrogen-bond donors (Lipinski definition) is 1. The van der Waals surface area contributed by atoms with Crippen molar-refractivity contribution in [2.24, 2.45) is 17.8 Å². The van der Waals surface area contributed by atoms with Crippen LogP contribution in [0.4, 0.5) is 5.82 Å². The number of fused-ring (bicyclic) bond motifs is 2. The highest BCUT2D eigenvalue weighted by Crippen LogP contribution is 2.48. The first-order valence-corrected chi connectivity index (χ1v) is 8.77. The van der Waals surface area contributed by atoms with Crippen LogP contribution in [0.3, 0.4) is 0 Å². The first-order chi connectivity index (χ1) is 10.8. The molecule has 1 N–H and O–H groups in total. The van der Waals surface area contributed by atoms with Crippen molar-refractivity contribution in [1.29, 1.82) is 0 Å². The SMILES string of the molecule is O=C(NCc1ccc(N2CCCC2)nc1)C1CC2CCC1C2. The van der Waals surface area contributed by atoms with E-state index in [9.17, 15) is 4.79 Å². The molecule has 3 unspecified atom stereocenters. The summed E-state index contributed by atoms with van der Waals surface area (Å²) in [5, 5.41) is 3.12. The number of aromatic nitrogens is 1. The lowest BCUT2D eigenvalue weighted by atomic mass is 9.88. The molecule has 0 aromatic carbocycles. The van der Waals surface area contributed by atoms with Gasteiger partial charge in [-0.05, 0) is 55.6 Å². The largest absolute Gasteiger partial charge is 0.357 e. The zero-order chi connectivity index (χ0) is 14.9. The summed E-state index contributed by atoms with van der Waals surface area (Å²) in [7, 11) is 0. The molecule has 3 fully saturated rings. The predicted octanol–water partition coefficient (Wildman–Crippen LogP) is 2.73. The number of amides is 1. The summed E-state index contributed by atoms with van der Waals surface area (Å²) in [6, 6.07) is 4.19. The number of nitrogens with one attached hydrogen (secondary N) is 1. The molecule has 3 atom stereocenters. The lowest BCUT2D eigenvalue weighted by molar-refractivity contribution is -0.126. The van der Waals surface area contributed by atoms with Gasteiger partial charge in [0.1, 0.15) is 5.82 Å². The smallest absolute Gasteiger partial charge is 0.223 e. The topological polar surface area (TPSA) is 45.2 Å². The van der Waals surface area contributed by atoms with E-state index < -0.39 is 0 Å². The fraction of sp³-hybridized carbons (Fsp3) is 0.667. The predicted molar refractivity (Wildman–Crippen MR) is 86.5 cm³/mol. The van der Waals surface area contributed by atoms with Crippen LogP contribution in [0.1, 0.15) is 44.1 Å². The average molecular weight is 299 g/mol. The minimum Gasteiger partial charge on any atom is -0.357 e. The highest BCUT2D eigenvalue weighted by molar-refractivity contribution is 5.79. The van der Waals surface area contributed by atoms with Crippen LogP contribution in [0.25, 0.3) is 0 Å². The first-order valence-electron chi connectivity index (χ1n) is 8.77. The number of hydrogen-bond acceptors (Lipinski definition) is 3. The number of rotatable bonds is 4. The minimum absolute atomic E-state index is 0.260. The molecule has 2 aliphatic carbocycles. The van der Waals surface area contributed by atoms with E-state index >= 15 is 0 Å². The Bertz CT molecular complexity index is 536. The molecule has 1 aromatic heterocycles. The third-order valence-electron chi connectivity index (χ3n) is 5.78. The standard InChI is InChI=1S/C18H25N3O/c22-18(16-10-13-3-5-15(16)9-13)20-12-14-4-6-17(19-11-14)21-7-1-2-8-21/h4,6,11,13,15-16H,1-3,5,7-10,12H2,(H,20,22). The Hall–Kier alpha value is -1.58. The van der Waals surface area contributed by atoms with Gasteiger partial charge >= 0.3 is 0 Å². The number of nitrogens with zero attached hydrogens (tertiary/aromatic N) is 2. The molecular weight excluding hydrogens is 274 g/mol. The number of anilines is 1. The Balaban J connectivity index is 1.31. The summed E-state index contributed by atoms with van der Waals surface area (Å²) in [6.45, 7) is 2.85. The second-order valence-corrected chi connectivity index (χ2v) is 7.22. The summed E-state index contributed by atoms with van der Waals surface area (Å²) < 4.78 is 0. The first kappa shape index (κ1) is 14.0. The van der Waals surface area contributed by atoms with E-state index in [1.165, 1.54) is 32.1 Å². The van der Waals surface area contributed by atoms with Gasteiger partial charge in [-0.2, -0.15) is 0 Å². The van der Waals surface area contributed by atoms with Crippen molar-refractivity contribution in [3.8, 4) is 0 Å². The molecule has 2 bridgehead atoms. The summed E-state index contributed by atoms with van der Waals surface area (Å²) >= 11 is 0. The molecule has 118 valence electrons. The van der Waals surface area contributed by atoms with Crippen molar-refractivity contribution in [2.45, 2.75) is 45.1 Å². The maximum atomic E-state index is 12.3. The maximum Gasteiger partial charge on any atom is 0.223 e. The lowest BCUT2D eigenvalue weighted by Gasteiger charge is -2.21. The second kappa shape index (κ2) is 5.90. The summed E-state index contributed by atoms with van der Waals surface area (Å²) in [5.41, 5.74) is 1.10. The van der Waals surface area contributed by atoms with Crippen LogP contribution in [0.2, 0.25) is 0 Å². The zero-order valence-corrected chi connectivity index (χ0v) is 13.1. The van der Waals surface area contributed by atoms with Crippen LogP contribution in [0.15, 0.2) is 18.3 Å². The van der Waals surface area contributed by atoms with Gasteiger partial charge in [-0.15, -0.1) is 0 Å². The fourth-order valence-corrected chi connectivity index (χ4v) is 4.54. The van der Waals surface area contributed by atoms with Gasteiger partial charge in [0.05, 0.1) is 0 Å². The average Bonchev–Trinajstić information content (AvgIpc) is 3.29. The molecular formula is C18H25N3O. The van der Waals surface area contributed by atoms with Crippen molar-refractivity contribution in [1.82, 2.24) is 10.3 Å². The Morgan fingerprint density at radius 2 is 2.09 bits per heavy atom. The van der Waals surface area contributed by atoms with Crippen molar-refractivity contribution in [3.63, 3.8) is 0 Å². The highest BCUT2D eigenvalue weighted by Gasteiger charge is 2.42. The van der Waals surface area contributed by atoms with Gasteiger partial charge in [0.2, 0.25) is 5.91 Å². The number of carbonyl (C=O) groups is 1. The van der Waals surface area contributed by atoms with Crippen LogP contribution < -0.4 is 10.2 Å². The van der Waals surface area contributed by atoms with E-state index in [1.807, 2.05) is 6.20 Å². The summed E-state index contributed by atoms with van der Waals surface area (Å²) in [4.78, 5) is 19.2. The zero-order valence-electron chi connectivity index (χ0n) is 13.1. The van der Waals surface area contributed by atoms with E-state index in [2.05, 4.69) is 27.3 Å². The Kier molecular flexibility index (Phi) is 3.77. The second-order valence-electron chi connectivity index (χ2n) is 7.22. The van der Waals surface area contributed by atoms with Crippen molar-refractivity contribution < 1.29 is 4.79 Å². The third-order valence-corrected chi connectivity index (χ3v) is 5.78. The molecule has 2 saturated carbocycles. The quantitative estimate of drug-likeness (QED) is 0.930. The van der Waals surface area contributed by atoms with Gasteiger partial charge in [-0.1, -0.05) is 12.5 Å². The Morgan fingerprint density at radius 1 is 1.23 bits per heavy atom. The molecule has 4 rings (SSSR count). The van der Waals surface area contributed by atoms with Crippen LogP contribution in [-0.4, -0.2) is 24.0 Å². The van der Waals surface area contributed by atoms with Gasteiger partial charge in [-0.25, -0.2) is 4.98 Å². The maximum absolute atomic E-state index is 12.3. The van der Waals surface area contributed by atoms with Gasteiger partial charge in [0.25, 0.3) is 0 Å². The molecule has 1 aromatic rings. The van der Waals surface area contributed by atoms with Crippen molar-refractivity contribution in [2.75, 3.05) is 18.0 Å². The molecule has 0 spiro atoms. The highest BCUT2D eigenvalue weighted by atomic mass is 16.1. The monoisotopic (exact) mass is 299 g/mol. The molecule has 2 heterocycles. The fourth-order valence-electron chi connectivity index (χ4n) is 4.54. The lowest BCUT2D eigenvalue weighted by Crippen LogP contribution is -2.33. The van der Waals surface area contributed by atoms with Gasteiger partial charge < -0.3 is 10.2 Å². The molecule has 4 heteroatoms. The molecule has 1 amide bonds. The Morgan fingerprint density at radius 3 is 2.73 bits per heavy atom. The van der Waals surface area contributed by atoms with E-state index in [1.54, 1.807) is 0 Å². The van der Waals surface area contributed by atoms with Gasteiger partial charge in [0, 0.05) is 31.7 Å². The van der Waals surface area contributed by atoms with Crippen LogP contribution in [0.5, 0.6) is 0 Å². The Labute approximate surface area is 132 Å². The summed E-state index contributed by atoms with van der Waals surface area (Å²) in [5.74, 6) is 3.08. The third kappa shape index (κ3) is 2.71. The minimum atomic E-state index is 0.260. The van der Waals surface area contributed by atoms with Crippen molar-refractivity contribution in [3.05, 3.63) is 23.9 Å². The molecule has 4 nitrogen and oxygen atoms in total. The number of pyridine rings is 1. The van der Waals surface area contributed by atoms with E-state index in [4.69, 9.17) is 0 Å². The molecule has 3 aliphatic rings. The normalized spacial score (nSPS) is 30.0. The molecule has 0 radical (unpaired) electrons.